The van der Waals surface area contributed by atoms with Gasteiger partial charge in [0.05, 0.1) is 28.1 Å². The van der Waals surface area contributed by atoms with Crippen LogP contribution in [0.4, 0.5) is 0 Å². The second-order valence-electron chi connectivity index (χ2n) is 4.82. The van der Waals surface area contributed by atoms with Gasteiger partial charge in [-0.15, -0.1) is 0 Å². The quantitative estimate of drug-likeness (QED) is 0.795. The zero-order valence-corrected chi connectivity index (χ0v) is 13.1. The van der Waals surface area contributed by atoms with Crippen LogP contribution in [0, 0.1) is 6.92 Å². The first-order valence-corrected chi connectivity index (χ1v) is 7.90. The second-order valence-corrected chi connectivity index (χ2v) is 6.56. The highest BCUT2D eigenvalue weighted by molar-refractivity contribution is 7.86. The Morgan fingerprint density at radius 1 is 1.10 bits per heavy atom. The molecule has 0 saturated heterocycles. The first-order chi connectivity index (χ1) is 10.0. The Bertz CT molecular complexity index is 662. The van der Waals surface area contributed by atoms with E-state index in [1.807, 2.05) is 25.1 Å². The maximum absolute atomic E-state index is 12.6. The minimum atomic E-state index is -1.45. The predicted octanol–water partition coefficient (Wildman–Crippen LogP) is 3.38. The number of ether oxygens (including phenoxy) is 1. The Balaban J connectivity index is 2.26. The van der Waals surface area contributed by atoms with Gasteiger partial charge in [0, 0.05) is 5.56 Å². The molecular formula is C17H18O3S. The van der Waals surface area contributed by atoms with Crippen molar-refractivity contribution in [3.8, 4) is 5.75 Å². The van der Waals surface area contributed by atoms with Gasteiger partial charge in [-0.3, -0.25) is 9.00 Å². The standard InChI is InChI=1S/C17H18O3S/c1-12-8-10-14(11-9-12)17(18)13(2)21(19)16-7-5-4-6-15(16)20-3/h4-11,13H,1-3H3. The molecule has 4 heteroatoms. The summed E-state index contributed by atoms with van der Waals surface area (Å²) in [6.07, 6.45) is 0. The molecule has 0 heterocycles. The lowest BCUT2D eigenvalue weighted by Crippen LogP contribution is -2.23. The van der Waals surface area contributed by atoms with Crippen molar-refractivity contribution in [2.75, 3.05) is 7.11 Å². The molecule has 0 aromatic heterocycles. The van der Waals surface area contributed by atoms with E-state index < -0.39 is 16.0 Å². The molecule has 0 aliphatic heterocycles. The number of methoxy groups -OCH3 is 1. The minimum absolute atomic E-state index is 0.126. The van der Waals surface area contributed by atoms with Gasteiger partial charge in [0.15, 0.2) is 5.78 Å². The fourth-order valence-corrected chi connectivity index (χ4v) is 3.30. The topological polar surface area (TPSA) is 43.4 Å². The van der Waals surface area contributed by atoms with Crippen molar-refractivity contribution < 1.29 is 13.7 Å². The number of benzene rings is 2. The average Bonchev–Trinajstić information content (AvgIpc) is 2.53. The average molecular weight is 302 g/mol. The molecule has 2 atom stereocenters. The Labute approximate surface area is 127 Å². The number of Topliss-reactive ketones (excluding diaryl/α,β-unsaturated/α-hetero) is 1. The predicted molar refractivity (Wildman–Crippen MR) is 84.4 cm³/mol. The van der Waals surface area contributed by atoms with Crippen LogP contribution in [0.25, 0.3) is 0 Å². The Morgan fingerprint density at radius 3 is 2.33 bits per heavy atom. The summed E-state index contributed by atoms with van der Waals surface area (Å²) in [5.41, 5.74) is 1.67. The summed E-state index contributed by atoms with van der Waals surface area (Å²) < 4.78 is 17.8. The summed E-state index contributed by atoms with van der Waals surface area (Å²) in [5, 5.41) is -0.621. The molecule has 0 N–H and O–H groups in total. The molecule has 2 unspecified atom stereocenters. The summed E-state index contributed by atoms with van der Waals surface area (Å²) in [7, 11) is 0.0802. The first-order valence-electron chi connectivity index (χ1n) is 6.69. The van der Waals surface area contributed by atoms with Crippen molar-refractivity contribution in [3.05, 3.63) is 59.7 Å². The van der Waals surface area contributed by atoms with Gasteiger partial charge in [-0.25, -0.2) is 0 Å². The molecule has 2 aromatic carbocycles. The summed E-state index contributed by atoms with van der Waals surface area (Å²) in [5.74, 6) is 0.415. The van der Waals surface area contributed by atoms with Crippen molar-refractivity contribution in [3.63, 3.8) is 0 Å². The van der Waals surface area contributed by atoms with Crippen molar-refractivity contribution >= 4 is 16.6 Å². The van der Waals surface area contributed by atoms with Gasteiger partial charge in [-0.2, -0.15) is 0 Å². The molecule has 0 bridgehead atoms. The number of rotatable bonds is 5. The lowest BCUT2D eigenvalue weighted by molar-refractivity contribution is 0.0992. The number of para-hydroxylation sites is 1. The van der Waals surface area contributed by atoms with Gasteiger partial charge in [0.2, 0.25) is 0 Å². The molecule has 0 radical (unpaired) electrons. The van der Waals surface area contributed by atoms with E-state index in [2.05, 4.69) is 0 Å². The normalized spacial score (nSPS) is 13.5. The third-order valence-electron chi connectivity index (χ3n) is 3.31. The van der Waals surface area contributed by atoms with E-state index >= 15 is 0 Å². The molecule has 110 valence electrons. The van der Waals surface area contributed by atoms with Gasteiger partial charge >= 0.3 is 0 Å². The van der Waals surface area contributed by atoms with Crippen LogP contribution in [0.1, 0.15) is 22.8 Å². The van der Waals surface area contributed by atoms with Crippen molar-refractivity contribution in [1.29, 1.82) is 0 Å². The van der Waals surface area contributed by atoms with Crippen LogP contribution in [0.2, 0.25) is 0 Å². The lowest BCUT2D eigenvalue weighted by atomic mass is 10.1. The maximum atomic E-state index is 12.6. The molecule has 3 nitrogen and oxygen atoms in total. The molecule has 0 fully saturated rings. The number of carbonyl (C=O) groups excluding carboxylic acids is 1. The van der Waals surface area contributed by atoms with Crippen LogP contribution in [0.5, 0.6) is 5.75 Å². The molecule has 0 aliphatic rings. The smallest absolute Gasteiger partial charge is 0.178 e. The van der Waals surface area contributed by atoms with Crippen LogP contribution in [0.3, 0.4) is 0 Å². The molecule has 0 saturated carbocycles. The SMILES string of the molecule is COc1ccccc1S(=O)C(C)C(=O)c1ccc(C)cc1. The monoisotopic (exact) mass is 302 g/mol. The summed E-state index contributed by atoms with van der Waals surface area (Å²) >= 11 is 0. The molecular weight excluding hydrogens is 284 g/mol. The number of hydrogen-bond donors (Lipinski definition) is 0. The zero-order chi connectivity index (χ0) is 15.4. The Morgan fingerprint density at radius 2 is 1.71 bits per heavy atom. The van der Waals surface area contributed by atoms with E-state index in [9.17, 15) is 9.00 Å². The summed E-state index contributed by atoms with van der Waals surface area (Å²) in [4.78, 5) is 13.0. The van der Waals surface area contributed by atoms with E-state index in [4.69, 9.17) is 4.74 Å². The van der Waals surface area contributed by atoms with Crippen LogP contribution in [0.15, 0.2) is 53.4 Å². The van der Waals surface area contributed by atoms with Gasteiger partial charge < -0.3 is 4.74 Å². The molecule has 2 aromatic rings. The summed E-state index contributed by atoms with van der Waals surface area (Å²) in [6, 6.07) is 14.4. The van der Waals surface area contributed by atoms with Crippen LogP contribution >= 0.6 is 0 Å². The van der Waals surface area contributed by atoms with E-state index in [0.717, 1.165) is 5.56 Å². The highest BCUT2D eigenvalue weighted by Crippen LogP contribution is 2.24. The fraction of sp³-hybridized carbons (Fsp3) is 0.235. The molecule has 21 heavy (non-hydrogen) atoms. The zero-order valence-electron chi connectivity index (χ0n) is 12.3. The molecule has 0 spiro atoms. The molecule has 0 aliphatic carbocycles. The number of ketones is 1. The van der Waals surface area contributed by atoms with Gasteiger partial charge in [0.1, 0.15) is 5.75 Å². The van der Waals surface area contributed by atoms with E-state index in [0.29, 0.717) is 16.2 Å². The number of carbonyl (C=O) groups is 1. The van der Waals surface area contributed by atoms with Gasteiger partial charge in [-0.1, -0.05) is 42.0 Å². The largest absolute Gasteiger partial charge is 0.495 e. The third-order valence-corrected chi connectivity index (χ3v) is 4.94. The Kier molecular flexibility index (Phi) is 4.91. The highest BCUT2D eigenvalue weighted by Gasteiger charge is 2.24. The second kappa shape index (κ2) is 6.68. The highest BCUT2D eigenvalue weighted by atomic mass is 32.2. The van der Waals surface area contributed by atoms with Crippen molar-refractivity contribution in [2.24, 2.45) is 0 Å². The Hall–Kier alpha value is -1.94. The van der Waals surface area contributed by atoms with Gasteiger partial charge in [0.25, 0.3) is 0 Å². The number of hydrogen-bond acceptors (Lipinski definition) is 3. The lowest BCUT2D eigenvalue weighted by Gasteiger charge is -2.13. The van der Waals surface area contributed by atoms with Gasteiger partial charge in [-0.05, 0) is 26.0 Å². The van der Waals surface area contributed by atoms with Crippen LogP contribution in [-0.4, -0.2) is 22.4 Å². The summed E-state index contributed by atoms with van der Waals surface area (Å²) in [6.45, 7) is 3.65. The maximum Gasteiger partial charge on any atom is 0.178 e. The van der Waals surface area contributed by atoms with E-state index in [-0.39, 0.29) is 5.78 Å². The van der Waals surface area contributed by atoms with Crippen molar-refractivity contribution in [1.82, 2.24) is 0 Å². The van der Waals surface area contributed by atoms with E-state index in [1.165, 1.54) is 7.11 Å². The minimum Gasteiger partial charge on any atom is -0.495 e. The fourth-order valence-electron chi connectivity index (χ4n) is 2.03. The van der Waals surface area contributed by atoms with E-state index in [1.54, 1.807) is 37.3 Å². The first kappa shape index (κ1) is 15.4. The third kappa shape index (κ3) is 3.39. The molecule has 0 amide bonds. The molecule has 2 rings (SSSR count). The van der Waals surface area contributed by atoms with Crippen LogP contribution in [-0.2, 0) is 10.8 Å². The van der Waals surface area contributed by atoms with Crippen LogP contribution < -0.4 is 4.74 Å². The number of aryl methyl sites for hydroxylation is 1. The van der Waals surface area contributed by atoms with Crippen molar-refractivity contribution in [2.45, 2.75) is 24.0 Å².